The van der Waals surface area contributed by atoms with Crippen molar-refractivity contribution in [2.75, 3.05) is 0 Å². The van der Waals surface area contributed by atoms with Gasteiger partial charge in [-0.25, -0.2) is 0 Å². The molecular weight excluding hydrogens is 204 g/mol. The topological polar surface area (TPSA) is 51.2 Å². The first-order chi connectivity index (χ1) is 7.76. The molecule has 0 aromatic carbocycles. The van der Waals surface area contributed by atoms with E-state index < -0.39 is 6.10 Å². The molecule has 0 aliphatic heterocycles. The van der Waals surface area contributed by atoms with Crippen LogP contribution in [0.4, 0.5) is 0 Å². The summed E-state index contributed by atoms with van der Waals surface area (Å²) in [5.41, 5.74) is 1.77. The minimum atomic E-state index is -0.734. The normalized spacial score (nSPS) is 12.9. The quantitative estimate of drug-likeness (QED) is 0.858. The van der Waals surface area contributed by atoms with Crippen molar-refractivity contribution in [1.29, 1.82) is 0 Å². The zero-order chi connectivity index (χ0) is 11.5. The van der Waals surface area contributed by atoms with Gasteiger partial charge in [-0.2, -0.15) is 5.10 Å². The van der Waals surface area contributed by atoms with Crippen LogP contribution in [0.5, 0.6) is 0 Å². The Morgan fingerprint density at radius 3 is 2.88 bits per heavy atom. The molecule has 0 spiro atoms. The summed E-state index contributed by atoms with van der Waals surface area (Å²) in [6.07, 6.45) is 1.69. The van der Waals surface area contributed by atoms with Gasteiger partial charge in [0.2, 0.25) is 0 Å². The van der Waals surface area contributed by atoms with E-state index >= 15 is 0 Å². The lowest BCUT2D eigenvalue weighted by atomic mass is 10.2. The smallest absolute Gasteiger partial charge is 0.153 e. The highest BCUT2D eigenvalue weighted by Crippen LogP contribution is 2.23. The van der Waals surface area contributed by atoms with Crippen LogP contribution in [-0.2, 0) is 13.0 Å². The molecular formula is C12H16N2O2. The van der Waals surface area contributed by atoms with Crippen molar-refractivity contribution in [2.45, 2.75) is 32.9 Å². The van der Waals surface area contributed by atoms with Crippen LogP contribution in [0.3, 0.4) is 0 Å². The molecule has 2 aromatic rings. The Hall–Kier alpha value is -1.55. The molecule has 0 saturated heterocycles. The third-order valence-corrected chi connectivity index (χ3v) is 2.62. The fraction of sp³-hybridized carbons (Fsp3) is 0.417. The van der Waals surface area contributed by atoms with Gasteiger partial charge in [0, 0.05) is 6.54 Å². The molecule has 0 fully saturated rings. The van der Waals surface area contributed by atoms with E-state index in [0.29, 0.717) is 5.76 Å². The van der Waals surface area contributed by atoms with Crippen molar-refractivity contribution in [3.05, 3.63) is 41.6 Å². The number of rotatable bonds is 4. The van der Waals surface area contributed by atoms with Gasteiger partial charge in [-0.05, 0) is 31.5 Å². The summed E-state index contributed by atoms with van der Waals surface area (Å²) in [4.78, 5) is 0. The molecule has 16 heavy (non-hydrogen) atoms. The fourth-order valence-electron chi connectivity index (χ4n) is 1.73. The lowest BCUT2D eigenvalue weighted by molar-refractivity contribution is 0.178. The van der Waals surface area contributed by atoms with Crippen molar-refractivity contribution >= 4 is 0 Å². The van der Waals surface area contributed by atoms with Crippen molar-refractivity contribution in [2.24, 2.45) is 0 Å². The minimum Gasteiger partial charge on any atom is -0.466 e. The van der Waals surface area contributed by atoms with Gasteiger partial charge in [0.1, 0.15) is 5.76 Å². The molecule has 0 radical (unpaired) electrons. The summed E-state index contributed by atoms with van der Waals surface area (Å²) in [7, 11) is 0. The number of hydrogen-bond donors (Lipinski definition) is 1. The average Bonchev–Trinajstić information content (AvgIpc) is 2.96. The molecule has 1 unspecified atom stereocenters. The molecule has 2 rings (SSSR count). The van der Waals surface area contributed by atoms with Crippen LogP contribution in [0.2, 0.25) is 0 Å². The van der Waals surface area contributed by atoms with E-state index in [1.54, 1.807) is 18.4 Å². The highest BCUT2D eigenvalue weighted by Gasteiger charge is 2.18. The molecule has 1 atom stereocenters. The Labute approximate surface area is 94.5 Å². The summed E-state index contributed by atoms with van der Waals surface area (Å²) in [5.74, 6) is 0.553. The molecule has 86 valence electrons. The van der Waals surface area contributed by atoms with Crippen molar-refractivity contribution < 1.29 is 9.52 Å². The van der Waals surface area contributed by atoms with Crippen LogP contribution in [0.25, 0.3) is 0 Å². The third-order valence-electron chi connectivity index (χ3n) is 2.62. The second-order valence-electron chi connectivity index (χ2n) is 3.65. The second kappa shape index (κ2) is 4.53. The molecule has 1 N–H and O–H groups in total. The molecule has 0 saturated carbocycles. The first-order valence-electron chi connectivity index (χ1n) is 5.54. The van der Waals surface area contributed by atoms with Gasteiger partial charge in [0.05, 0.1) is 17.7 Å². The van der Waals surface area contributed by atoms with E-state index in [9.17, 15) is 5.11 Å². The number of aryl methyl sites for hydroxylation is 2. The minimum absolute atomic E-state index is 0.553. The summed E-state index contributed by atoms with van der Waals surface area (Å²) >= 11 is 0. The first-order valence-corrected chi connectivity index (χ1v) is 5.54. The Morgan fingerprint density at radius 1 is 1.50 bits per heavy atom. The van der Waals surface area contributed by atoms with Crippen molar-refractivity contribution in [3.63, 3.8) is 0 Å². The summed E-state index contributed by atoms with van der Waals surface area (Å²) in [6.45, 7) is 4.79. The van der Waals surface area contributed by atoms with Crippen molar-refractivity contribution in [3.8, 4) is 0 Å². The van der Waals surface area contributed by atoms with Gasteiger partial charge in [-0.1, -0.05) is 6.92 Å². The van der Waals surface area contributed by atoms with Crippen LogP contribution in [0.1, 0.15) is 37.1 Å². The fourth-order valence-corrected chi connectivity index (χ4v) is 1.73. The lowest BCUT2D eigenvalue weighted by Crippen LogP contribution is -2.08. The van der Waals surface area contributed by atoms with Crippen LogP contribution in [0.15, 0.2) is 28.9 Å². The number of hydrogen-bond acceptors (Lipinski definition) is 3. The Morgan fingerprint density at radius 2 is 2.31 bits per heavy atom. The Kier molecular flexibility index (Phi) is 3.10. The Bertz CT molecular complexity index is 446. The third kappa shape index (κ3) is 1.88. The van der Waals surface area contributed by atoms with Gasteiger partial charge in [0.15, 0.2) is 6.10 Å². The molecule has 2 aromatic heterocycles. The van der Waals surface area contributed by atoms with E-state index in [4.69, 9.17) is 4.42 Å². The zero-order valence-electron chi connectivity index (χ0n) is 9.55. The maximum absolute atomic E-state index is 10.1. The molecule has 0 amide bonds. The number of furan rings is 1. The van der Waals surface area contributed by atoms with Crippen LogP contribution < -0.4 is 0 Å². The van der Waals surface area contributed by atoms with E-state index in [1.807, 2.05) is 24.6 Å². The van der Waals surface area contributed by atoms with Crippen LogP contribution in [-0.4, -0.2) is 14.9 Å². The molecule has 2 heterocycles. The van der Waals surface area contributed by atoms with Gasteiger partial charge < -0.3 is 9.52 Å². The SMILES string of the molecule is CCc1cc(C(O)c2ccco2)n(CC)n1. The van der Waals surface area contributed by atoms with E-state index in [1.165, 1.54) is 0 Å². The number of aliphatic hydroxyl groups is 1. The highest BCUT2D eigenvalue weighted by atomic mass is 16.4. The van der Waals surface area contributed by atoms with Crippen LogP contribution in [0, 0.1) is 0 Å². The first kappa shape index (κ1) is 11.0. The predicted molar refractivity (Wildman–Crippen MR) is 60.0 cm³/mol. The monoisotopic (exact) mass is 220 g/mol. The maximum atomic E-state index is 10.1. The van der Waals surface area contributed by atoms with Gasteiger partial charge in [-0.15, -0.1) is 0 Å². The van der Waals surface area contributed by atoms with E-state index in [0.717, 1.165) is 24.4 Å². The second-order valence-corrected chi connectivity index (χ2v) is 3.65. The lowest BCUT2D eigenvalue weighted by Gasteiger charge is -2.09. The molecule has 0 bridgehead atoms. The number of aliphatic hydroxyl groups excluding tert-OH is 1. The molecule has 4 heteroatoms. The number of aromatic nitrogens is 2. The van der Waals surface area contributed by atoms with Gasteiger partial charge in [-0.3, -0.25) is 4.68 Å². The van der Waals surface area contributed by atoms with Gasteiger partial charge >= 0.3 is 0 Å². The molecule has 4 nitrogen and oxygen atoms in total. The van der Waals surface area contributed by atoms with E-state index in [2.05, 4.69) is 5.10 Å². The van der Waals surface area contributed by atoms with Gasteiger partial charge in [0.25, 0.3) is 0 Å². The Balaban J connectivity index is 2.35. The van der Waals surface area contributed by atoms with Crippen molar-refractivity contribution in [1.82, 2.24) is 9.78 Å². The molecule has 0 aliphatic rings. The van der Waals surface area contributed by atoms with E-state index in [-0.39, 0.29) is 0 Å². The maximum Gasteiger partial charge on any atom is 0.153 e. The largest absolute Gasteiger partial charge is 0.466 e. The summed E-state index contributed by atoms with van der Waals surface area (Å²) < 4.78 is 7.01. The standard InChI is InChI=1S/C12H16N2O2/c1-3-9-8-10(14(4-2)13-9)12(15)11-6-5-7-16-11/h5-8,12,15H,3-4H2,1-2H3. The zero-order valence-corrected chi connectivity index (χ0v) is 9.55. The van der Waals surface area contributed by atoms with Crippen LogP contribution >= 0.6 is 0 Å². The highest BCUT2D eigenvalue weighted by molar-refractivity contribution is 5.20. The molecule has 0 aliphatic carbocycles. The number of nitrogens with zero attached hydrogens (tertiary/aromatic N) is 2. The average molecular weight is 220 g/mol. The summed E-state index contributed by atoms with van der Waals surface area (Å²) in [6, 6.07) is 5.46. The predicted octanol–water partition coefficient (Wildman–Crippen LogP) is 2.14. The summed E-state index contributed by atoms with van der Waals surface area (Å²) in [5, 5.41) is 14.5.